The van der Waals surface area contributed by atoms with Gasteiger partial charge in [-0.15, -0.1) is 0 Å². The summed E-state index contributed by atoms with van der Waals surface area (Å²) in [6.45, 7) is -0.352. The lowest BCUT2D eigenvalue weighted by Gasteiger charge is -2.17. The van der Waals surface area contributed by atoms with Crippen molar-refractivity contribution in [1.29, 1.82) is 0 Å². The molecule has 4 aromatic carbocycles. The molecule has 1 N–H and O–H groups in total. The summed E-state index contributed by atoms with van der Waals surface area (Å²) in [6, 6.07) is 25.7. The molecule has 1 aliphatic heterocycles. The Balaban J connectivity index is 1.17. The maximum absolute atomic E-state index is 12.6. The molecule has 1 atom stereocenters. The lowest BCUT2D eigenvalue weighted by Crippen LogP contribution is -2.28. The van der Waals surface area contributed by atoms with E-state index in [1.165, 1.54) is 4.90 Å². The van der Waals surface area contributed by atoms with E-state index >= 15 is 0 Å². The van der Waals surface area contributed by atoms with Crippen LogP contribution in [0.5, 0.6) is 11.5 Å². The van der Waals surface area contributed by atoms with Gasteiger partial charge in [0.1, 0.15) is 11.5 Å². The normalized spacial score (nSPS) is 14.9. The van der Waals surface area contributed by atoms with E-state index in [2.05, 4.69) is 5.32 Å². The van der Waals surface area contributed by atoms with Gasteiger partial charge in [0.05, 0.1) is 21.7 Å². The number of nitrogens with zero attached hydrogens (tertiary/aromatic N) is 1. The fraction of sp³-hybridized carbons (Fsp3) is 0.138. The SMILES string of the molecule is O=C(COC(=O)[C@@H]1CC(=O)N(c2ccc(Oc3cccc4ccccc34)cc2)C1)Nc1cccc(Cl)c1Cl. The number of anilines is 2. The van der Waals surface area contributed by atoms with Gasteiger partial charge < -0.3 is 19.7 Å². The summed E-state index contributed by atoms with van der Waals surface area (Å²) in [5, 5.41) is 5.11. The van der Waals surface area contributed by atoms with Gasteiger partial charge in [0, 0.05) is 24.0 Å². The highest BCUT2D eigenvalue weighted by atomic mass is 35.5. The van der Waals surface area contributed by atoms with Crippen molar-refractivity contribution in [1.82, 2.24) is 0 Å². The molecule has 0 radical (unpaired) electrons. The van der Waals surface area contributed by atoms with Crippen molar-refractivity contribution >= 4 is 63.1 Å². The van der Waals surface area contributed by atoms with Crippen LogP contribution in [-0.4, -0.2) is 30.9 Å². The van der Waals surface area contributed by atoms with Gasteiger partial charge in [0.15, 0.2) is 6.61 Å². The number of ether oxygens (including phenoxy) is 2. The Morgan fingerprint density at radius 3 is 2.47 bits per heavy atom. The van der Waals surface area contributed by atoms with E-state index < -0.39 is 24.4 Å². The predicted octanol–water partition coefficient (Wildman–Crippen LogP) is 6.47. The maximum Gasteiger partial charge on any atom is 0.311 e. The number of halogens is 2. The Morgan fingerprint density at radius 1 is 0.921 bits per heavy atom. The van der Waals surface area contributed by atoms with Crippen LogP contribution in [0.1, 0.15) is 6.42 Å². The first kappa shape index (κ1) is 25.6. The van der Waals surface area contributed by atoms with E-state index in [1.807, 2.05) is 42.5 Å². The van der Waals surface area contributed by atoms with Gasteiger partial charge in [-0.3, -0.25) is 14.4 Å². The largest absolute Gasteiger partial charge is 0.457 e. The van der Waals surface area contributed by atoms with Gasteiger partial charge in [0.2, 0.25) is 5.91 Å². The number of nitrogens with one attached hydrogen (secondary N) is 1. The zero-order chi connectivity index (χ0) is 26.6. The van der Waals surface area contributed by atoms with E-state index in [9.17, 15) is 14.4 Å². The van der Waals surface area contributed by atoms with Gasteiger partial charge in [-0.1, -0.05) is 65.7 Å². The molecule has 0 unspecified atom stereocenters. The fourth-order valence-electron chi connectivity index (χ4n) is 4.26. The molecule has 9 heteroatoms. The van der Waals surface area contributed by atoms with Crippen molar-refractivity contribution in [3.63, 3.8) is 0 Å². The molecular formula is C29H22Cl2N2O5. The maximum atomic E-state index is 12.6. The second-order valence-corrected chi connectivity index (χ2v) is 9.52. The minimum absolute atomic E-state index is 0.00513. The molecular weight excluding hydrogens is 527 g/mol. The second-order valence-electron chi connectivity index (χ2n) is 8.74. The van der Waals surface area contributed by atoms with Gasteiger partial charge >= 0.3 is 5.97 Å². The molecule has 38 heavy (non-hydrogen) atoms. The molecule has 7 nitrogen and oxygen atoms in total. The molecule has 5 rings (SSSR count). The molecule has 1 saturated heterocycles. The summed E-state index contributed by atoms with van der Waals surface area (Å²) < 4.78 is 11.2. The van der Waals surface area contributed by atoms with Gasteiger partial charge in [0.25, 0.3) is 5.91 Å². The molecule has 4 aromatic rings. The average molecular weight is 549 g/mol. The van der Waals surface area contributed by atoms with E-state index in [0.717, 1.165) is 16.5 Å². The van der Waals surface area contributed by atoms with Crippen LogP contribution in [-0.2, 0) is 19.1 Å². The Bertz CT molecular complexity index is 1520. The van der Waals surface area contributed by atoms with Gasteiger partial charge in [-0.25, -0.2) is 0 Å². The number of benzene rings is 4. The Morgan fingerprint density at radius 2 is 1.66 bits per heavy atom. The lowest BCUT2D eigenvalue weighted by atomic mass is 10.1. The number of hydrogen-bond acceptors (Lipinski definition) is 5. The minimum atomic E-state index is -0.684. The van der Waals surface area contributed by atoms with E-state index in [0.29, 0.717) is 22.1 Å². The molecule has 0 saturated carbocycles. The summed E-state index contributed by atoms with van der Waals surface area (Å²) in [6.07, 6.45) is -0.00513. The summed E-state index contributed by atoms with van der Waals surface area (Å²) in [7, 11) is 0. The zero-order valence-corrected chi connectivity index (χ0v) is 21.5. The number of rotatable bonds is 7. The molecule has 2 amide bonds. The smallest absolute Gasteiger partial charge is 0.311 e. The Hall–Kier alpha value is -4.07. The first-order chi connectivity index (χ1) is 18.4. The van der Waals surface area contributed by atoms with Crippen LogP contribution >= 0.6 is 23.2 Å². The van der Waals surface area contributed by atoms with E-state index in [1.54, 1.807) is 42.5 Å². The number of carbonyl (C=O) groups is 3. The zero-order valence-electron chi connectivity index (χ0n) is 20.0. The Kier molecular flexibility index (Phi) is 7.49. The van der Waals surface area contributed by atoms with Crippen molar-refractivity contribution in [2.45, 2.75) is 6.42 Å². The first-order valence-corrected chi connectivity index (χ1v) is 12.6. The van der Waals surface area contributed by atoms with Gasteiger partial charge in [-0.05, 0) is 47.9 Å². The molecule has 1 heterocycles. The number of carbonyl (C=O) groups excluding carboxylic acids is 3. The number of esters is 1. The monoisotopic (exact) mass is 548 g/mol. The van der Waals surface area contributed by atoms with Gasteiger partial charge in [-0.2, -0.15) is 0 Å². The van der Waals surface area contributed by atoms with Crippen molar-refractivity contribution in [3.8, 4) is 11.5 Å². The van der Waals surface area contributed by atoms with Crippen molar-refractivity contribution in [2.24, 2.45) is 5.92 Å². The molecule has 0 bridgehead atoms. The van der Waals surface area contributed by atoms with Crippen LogP contribution in [0.25, 0.3) is 10.8 Å². The predicted molar refractivity (Wildman–Crippen MR) is 147 cm³/mol. The van der Waals surface area contributed by atoms with Crippen LogP contribution in [0.4, 0.5) is 11.4 Å². The average Bonchev–Trinajstić information content (AvgIpc) is 3.32. The highest BCUT2D eigenvalue weighted by Crippen LogP contribution is 2.33. The summed E-state index contributed by atoms with van der Waals surface area (Å²) in [5.74, 6) is -0.716. The highest BCUT2D eigenvalue weighted by molar-refractivity contribution is 6.44. The fourth-order valence-corrected chi connectivity index (χ4v) is 4.61. The highest BCUT2D eigenvalue weighted by Gasteiger charge is 2.36. The summed E-state index contributed by atoms with van der Waals surface area (Å²) in [5.41, 5.74) is 0.958. The second kappa shape index (κ2) is 11.1. The quantitative estimate of drug-likeness (QED) is 0.267. The standard InChI is InChI=1S/C29H22Cl2N2O5/c30-23-8-4-9-24(28(23)31)32-26(34)17-37-29(36)19-15-27(35)33(16-19)20-11-13-21(14-12-20)38-25-10-3-6-18-5-1-2-7-22(18)25/h1-14,19H,15-17H2,(H,32,34)/t19-/m1/s1. The van der Waals surface area contributed by atoms with Crippen LogP contribution in [0, 0.1) is 5.92 Å². The van der Waals surface area contributed by atoms with Crippen LogP contribution < -0.4 is 15.0 Å². The molecule has 0 aromatic heterocycles. The number of fused-ring (bicyclic) bond motifs is 1. The van der Waals surface area contributed by atoms with Crippen LogP contribution in [0.15, 0.2) is 84.9 Å². The third kappa shape index (κ3) is 5.59. The summed E-state index contributed by atoms with van der Waals surface area (Å²) >= 11 is 12.0. The number of hydrogen-bond donors (Lipinski definition) is 1. The third-order valence-electron chi connectivity index (χ3n) is 6.16. The molecule has 0 spiro atoms. The number of amides is 2. The molecule has 1 aliphatic rings. The molecule has 192 valence electrons. The summed E-state index contributed by atoms with van der Waals surface area (Å²) in [4.78, 5) is 38.9. The van der Waals surface area contributed by atoms with Crippen LogP contribution in [0.3, 0.4) is 0 Å². The molecule has 1 fully saturated rings. The lowest BCUT2D eigenvalue weighted by molar-refractivity contribution is -0.151. The third-order valence-corrected chi connectivity index (χ3v) is 6.97. The molecule has 0 aliphatic carbocycles. The van der Waals surface area contributed by atoms with Crippen LogP contribution in [0.2, 0.25) is 10.0 Å². The topological polar surface area (TPSA) is 84.9 Å². The van der Waals surface area contributed by atoms with Crippen molar-refractivity contribution < 1.29 is 23.9 Å². The van der Waals surface area contributed by atoms with Crippen molar-refractivity contribution in [2.75, 3.05) is 23.4 Å². The van der Waals surface area contributed by atoms with E-state index in [4.69, 9.17) is 32.7 Å². The Labute approximate surface area is 228 Å². The van der Waals surface area contributed by atoms with Crippen molar-refractivity contribution in [3.05, 3.63) is 95.0 Å². The van der Waals surface area contributed by atoms with E-state index in [-0.39, 0.29) is 23.9 Å². The minimum Gasteiger partial charge on any atom is -0.457 e. The first-order valence-electron chi connectivity index (χ1n) is 11.9.